The van der Waals surface area contributed by atoms with E-state index in [4.69, 9.17) is 9.47 Å². The second-order valence-electron chi connectivity index (χ2n) is 6.56. The Kier molecular flexibility index (Phi) is 7.75. The Hall–Kier alpha value is -3.15. The van der Waals surface area contributed by atoms with E-state index in [1.165, 1.54) is 6.92 Å². The van der Waals surface area contributed by atoms with Gasteiger partial charge in [-0.2, -0.15) is 0 Å². The molecule has 2 rings (SSSR count). The molecule has 0 bridgehead atoms. The lowest BCUT2D eigenvalue weighted by Crippen LogP contribution is -2.21. The van der Waals surface area contributed by atoms with Gasteiger partial charge in [-0.15, -0.1) is 0 Å². The van der Waals surface area contributed by atoms with Crippen LogP contribution in [0.25, 0.3) is 0 Å². The van der Waals surface area contributed by atoms with Crippen LogP contribution in [0.5, 0.6) is 5.75 Å². The Balaban J connectivity index is 1.65. The molecule has 0 fully saturated rings. The monoisotopic (exact) mass is 383 g/mol. The van der Waals surface area contributed by atoms with Gasteiger partial charge in [0.1, 0.15) is 5.75 Å². The summed E-state index contributed by atoms with van der Waals surface area (Å²) in [4.78, 5) is 34.9. The van der Waals surface area contributed by atoms with Crippen LogP contribution in [0.1, 0.15) is 41.3 Å². The first-order valence-electron chi connectivity index (χ1n) is 9.11. The molecule has 2 aromatic rings. The molecular weight excluding hydrogens is 358 g/mol. The number of Topliss-reactive ketones (excluding diaryl/α,β-unsaturated/α-hetero) is 1. The molecular formula is C22H25NO5. The fraction of sp³-hybridized carbons (Fsp3) is 0.318. The molecule has 0 heterocycles. The fourth-order valence-electron chi connectivity index (χ4n) is 2.47. The minimum Gasteiger partial charge on any atom is -0.494 e. The number of amides is 1. The number of aryl methyl sites for hydroxylation is 2. The molecule has 0 atom stereocenters. The minimum absolute atomic E-state index is 0.00380. The number of ketones is 1. The van der Waals surface area contributed by atoms with Crippen molar-refractivity contribution in [3.63, 3.8) is 0 Å². The number of esters is 1. The number of nitrogens with one attached hydrogen (secondary N) is 1. The highest BCUT2D eigenvalue weighted by Crippen LogP contribution is 2.16. The van der Waals surface area contributed by atoms with Crippen LogP contribution in [0, 0.1) is 13.8 Å². The summed E-state index contributed by atoms with van der Waals surface area (Å²) in [5, 5.41) is 2.74. The summed E-state index contributed by atoms with van der Waals surface area (Å²) in [6, 6.07) is 12.6. The van der Waals surface area contributed by atoms with Gasteiger partial charge in [0.2, 0.25) is 0 Å². The van der Waals surface area contributed by atoms with Crippen molar-refractivity contribution in [1.82, 2.24) is 0 Å². The molecule has 28 heavy (non-hydrogen) atoms. The van der Waals surface area contributed by atoms with Gasteiger partial charge in [-0.3, -0.25) is 14.4 Å². The van der Waals surface area contributed by atoms with Gasteiger partial charge in [-0.05, 0) is 68.7 Å². The molecule has 148 valence electrons. The molecule has 0 radical (unpaired) electrons. The Morgan fingerprint density at radius 3 is 2.39 bits per heavy atom. The van der Waals surface area contributed by atoms with Crippen molar-refractivity contribution in [2.24, 2.45) is 0 Å². The first-order valence-corrected chi connectivity index (χ1v) is 9.11. The molecule has 0 aliphatic heterocycles. The number of ether oxygens (including phenoxy) is 2. The zero-order valence-electron chi connectivity index (χ0n) is 16.4. The standard InChI is InChI=1S/C22H25NO5/c1-15-6-7-16(2)20(13-15)23-21(25)14-28-22(26)5-4-12-27-19-10-8-18(9-11-19)17(3)24/h6-11,13H,4-5,12,14H2,1-3H3,(H,23,25). The molecule has 0 saturated carbocycles. The van der Waals surface area contributed by atoms with Gasteiger partial charge in [0, 0.05) is 17.7 Å². The Labute approximate surface area is 164 Å². The predicted octanol–water partition coefficient (Wildman–Crippen LogP) is 3.85. The van der Waals surface area contributed by atoms with Crippen LogP contribution in [0.15, 0.2) is 42.5 Å². The minimum atomic E-state index is -0.452. The van der Waals surface area contributed by atoms with E-state index in [0.29, 0.717) is 30.0 Å². The van der Waals surface area contributed by atoms with Crippen LogP contribution in [0.3, 0.4) is 0 Å². The first-order chi connectivity index (χ1) is 13.3. The smallest absolute Gasteiger partial charge is 0.306 e. The number of carbonyl (C=O) groups excluding carboxylic acids is 3. The topological polar surface area (TPSA) is 81.7 Å². The summed E-state index contributed by atoms with van der Waals surface area (Å²) in [7, 11) is 0. The highest BCUT2D eigenvalue weighted by Gasteiger charge is 2.09. The number of hydrogen-bond donors (Lipinski definition) is 1. The largest absolute Gasteiger partial charge is 0.494 e. The van der Waals surface area contributed by atoms with Crippen molar-refractivity contribution in [3.05, 3.63) is 59.2 Å². The predicted molar refractivity (Wildman–Crippen MR) is 107 cm³/mol. The van der Waals surface area contributed by atoms with E-state index in [-0.39, 0.29) is 24.7 Å². The summed E-state index contributed by atoms with van der Waals surface area (Å²) >= 11 is 0. The summed E-state index contributed by atoms with van der Waals surface area (Å²) in [6.45, 7) is 5.36. The van der Waals surface area contributed by atoms with Crippen molar-refractivity contribution < 1.29 is 23.9 Å². The quantitative estimate of drug-likeness (QED) is 0.404. The molecule has 1 N–H and O–H groups in total. The number of hydrogen-bond acceptors (Lipinski definition) is 5. The van der Waals surface area contributed by atoms with E-state index >= 15 is 0 Å². The second-order valence-corrected chi connectivity index (χ2v) is 6.56. The summed E-state index contributed by atoms with van der Waals surface area (Å²) in [5.41, 5.74) is 3.31. The molecule has 1 amide bonds. The van der Waals surface area contributed by atoms with Crippen LogP contribution in [0.4, 0.5) is 5.69 Å². The van der Waals surface area contributed by atoms with Crippen molar-refractivity contribution in [2.45, 2.75) is 33.6 Å². The van der Waals surface area contributed by atoms with Crippen LogP contribution in [-0.2, 0) is 14.3 Å². The SMILES string of the molecule is CC(=O)c1ccc(OCCCC(=O)OCC(=O)Nc2cc(C)ccc2C)cc1. The molecule has 2 aromatic carbocycles. The highest BCUT2D eigenvalue weighted by molar-refractivity contribution is 5.94. The maximum Gasteiger partial charge on any atom is 0.306 e. The van der Waals surface area contributed by atoms with Crippen molar-refractivity contribution >= 4 is 23.3 Å². The number of anilines is 1. The zero-order valence-corrected chi connectivity index (χ0v) is 16.4. The van der Waals surface area contributed by atoms with E-state index in [1.807, 2.05) is 32.0 Å². The number of carbonyl (C=O) groups is 3. The van der Waals surface area contributed by atoms with Crippen LogP contribution >= 0.6 is 0 Å². The van der Waals surface area contributed by atoms with Gasteiger partial charge in [0.15, 0.2) is 12.4 Å². The van der Waals surface area contributed by atoms with Crippen molar-refractivity contribution in [1.29, 1.82) is 0 Å². The third kappa shape index (κ3) is 6.87. The molecule has 6 heteroatoms. The zero-order chi connectivity index (χ0) is 20.5. The van der Waals surface area contributed by atoms with Crippen LogP contribution in [0.2, 0.25) is 0 Å². The highest BCUT2D eigenvalue weighted by atomic mass is 16.5. The van der Waals surface area contributed by atoms with Crippen molar-refractivity contribution in [3.8, 4) is 5.75 Å². The normalized spacial score (nSPS) is 10.2. The van der Waals surface area contributed by atoms with E-state index in [9.17, 15) is 14.4 Å². The van der Waals surface area contributed by atoms with E-state index in [2.05, 4.69) is 5.32 Å². The average Bonchev–Trinajstić information content (AvgIpc) is 2.67. The third-order valence-corrected chi connectivity index (χ3v) is 4.09. The summed E-state index contributed by atoms with van der Waals surface area (Å²) < 4.78 is 10.5. The van der Waals surface area contributed by atoms with Crippen LogP contribution in [-0.4, -0.2) is 30.9 Å². The fourth-order valence-corrected chi connectivity index (χ4v) is 2.47. The molecule has 0 saturated heterocycles. The van der Waals surface area contributed by atoms with Gasteiger partial charge < -0.3 is 14.8 Å². The molecule has 0 aliphatic carbocycles. The second kappa shape index (κ2) is 10.3. The summed E-state index contributed by atoms with van der Waals surface area (Å²) in [6.07, 6.45) is 0.619. The Morgan fingerprint density at radius 2 is 1.71 bits per heavy atom. The maximum atomic E-state index is 11.9. The van der Waals surface area contributed by atoms with Gasteiger partial charge in [-0.1, -0.05) is 12.1 Å². The summed E-state index contributed by atoms with van der Waals surface area (Å²) in [5.74, 6) is -0.197. The van der Waals surface area contributed by atoms with Gasteiger partial charge in [0.25, 0.3) is 5.91 Å². The van der Waals surface area contributed by atoms with E-state index < -0.39 is 5.97 Å². The molecule has 0 unspecified atom stereocenters. The van der Waals surface area contributed by atoms with E-state index in [0.717, 1.165) is 11.1 Å². The van der Waals surface area contributed by atoms with Gasteiger partial charge >= 0.3 is 5.97 Å². The molecule has 0 aromatic heterocycles. The van der Waals surface area contributed by atoms with Crippen molar-refractivity contribution in [2.75, 3.05) is 18.5 Å². The van der Waals surface area contributed by atoms with Crippen LogP contribution < -0.4 is 10.1 Å². The molecule has 0 spiro atoms. The maximum absolute atomic E-state index is 11.9. The van der Waals surface area contributed by atoms with E-state index in [1.54, 1.807) is 24.3 Å². The lowest BCUT2D eigenvalue weighted by Gasteiger charge is -2.10. The average molecular weight is 383 g/mol. The molecule has 0 aliphatic rings. The Morgan fingerprint density at radius 1 is 1.00 bits per heavy atom. The first kappa shape index (κ1) is 21.2. The lowest BCUT2D eigenvalue weighted by atomic mass is 10.1. The number of benzene rings is 2. The Bertz CT molecular complexity index is 843. The third-order valence-electron chi connectivity index (χ3n) is 4.09. The van der Waals surface area contributed by atoms with Gasteiger partial charge in [0.05, 0.1) is 6.61 Å². The number of rotatable bonds is 9. The molecule has 6 nitrogen and oxygen atoms in total. The van der Waals surface area contributed by atoms with Gasteiger partial charge in [-0.25, -0.2) is 0 Å². The lowest BCUT2D eigenvalue weighted by molar-refractivity contribution is -0.147.